The maximum Gasteiger partial charge on any atom is 0.191 e. The van der Waals surface area contributed by atoms with Crippen LogP contribution in [0.2, 0.25) is 0 Å². The number of hydrogen-bond donors (Lipinski definition) is 0. The number of aliphatic imine (C=N–C) groups is 1. The summed E-state index contributed by atoms with van der Waals surface area (Å²) in [5.41, 5.74) is 0.197. The molecule has 0 aromatic heterocycles. The van der Waals surface area contributed by atoms with E-state index in [0.29, 0.717) is 6.61 Å². The van der Waals surface area contributed by atoms with Gasteiger partial charge in [0.25, 0.3) is 0 Å². The highest BCUT2D eigenvalue weighted by atomic mass is 16.5. The van der Waals surface area contributed by atoms with Gasteiger partial charge in [-0.1, -0.05) is 32.9 Å². The monoisotopic (exact) mass is 179 g/mol. The van der Waals surface area contributed by atoms with Crippen LogP contribution >= 0.6 is 0 Å². The first-order chi connectivity index (χ1) is 6.08. The van der Waals surface area contributed by atoms with Gasteiger partial charge < -0.3 is 4.74 Å². The topological polar surface area (TPSA) is 21.6 Å². The van der Waals surface area contributed by atoms with E-state index < -0.39 is 0 Å². The molecule has 0 amide bonds. The Morgan fingerprint density at radius 3 is 2.85 bits per heavy atom. The Labute approximate surface area is 80.0 Å². The molecule has 0 atom stereocenters. The lowest BCUT2D eigenvalue weighted by atomic mass is 9.99. The lowest BCUT2D eigenvalue weighted by molar-refractivity contribution is 0.184. The van der Waals surface area contributed by atoms with Crippen LogP contribution in [-0.4, -0.2) is 12.5 Å². The van der Waals surface area contributed by atoms with Crippen molar-refractivity contribution in [2.75, 3.05) is 6.61 Å². The highest BCUT2D eigenvalue weighted by Crippen LogP contribution is 2.14. The molecule has 0 N–H and O–H groups in total. The zero-order chi connectivity index (χ0) is 9.73. The molecule has 0 radical (unpaired) electrons. The zero-order valence-corrected chi connectivity index (χ0v) is 8.58. The molecule has 0 aromatic rings. The summed E-state index contributed by atoms with van der Waals surface area (Å²) in [6.07, 6.45) is 8.50. The van der Waals surface area contributed by atoms with E-state index in [0.717, 1.165) is 12.3 Å². The van der Waals surface area contributed by atoms with E-state index >= 15 is 0 Å². The largest absolute Gasteiger partial charge is 0.480 e. The number of rotatable bonds is 1. The Balaban J connectivity index is 2.41. The van der Waals surface area contributed by atoms with Gasteiger partial charge in [-0.3, -0.25) is 0 Å². The molecule has 1 heterocycles. The summed E-state index contributed by atoms with van der Waals surface area (Å²) in [4.78, 5) is 4.18. The summed E-state index contributed by atoms with van der Waals surface area (Å²) < 4.78 is 5.57. The van der Waals surface area contributed by atoms with E-state index in [9.17, 15) is 0 Å². The van der Waals surface area contributed by atoms with Crippen molar-refractivity contribution < 1.29 is 4.74 Å². The van der Waals surface area contributed by atoms with E-state index in [-0.39, 0.29) is 5.41 Å². The minimum absolute atomic E-state index is 0.197. The van der Waals surface area contributed by atoms with Crippen LogP contribution in [0.1, 0.15) is 27.2 Å². The highest BCUT2D eigenvalue weighted by molar-refractivity contribution is 5.78. The number of hydrogen-bond acceptors (Lipinski definition) is 2. The van der Waals surface area contributed by atoms with Crippen LogP contribution in [0.25, 0.3) is 0 Å². The lowest BCUT2D eigenvalue weighted by Crippen LogP contribution is -2.17. The third kappa shape index (κ3) is 4.51. The van der Waals surface area contributed by atoms with Crippen LogP contribution in [0.15, 0.2) is 29.4 Å². The zero-order valence-electron chi connectivity index (χ0n) is 8.58. The van der Waals surface area contributed by atoms with E-state index in [1.807, 2.05) is 18.2 Å². The SMILES string of the molecule is CC(C)(C)COC1=NC=CC=CC1. The molecule has 2 nitrogen and oxygen atoms in total. The molecular formula is C11H17NO. The van der Waals surface area contributed by atoms with Crippen LogP contribution in [0.4, 0.5) is 0 Å². The van der Waals surface area contributed by atoms with Crippen molar-refractivity contribution in [3.8, 4) is 0 Å². The molecule has 0 aromatic carbocycles. The van der Waals surface area contributed by atoms with E-state index in [4.69, 9.17) is 4.74 Å². The quantitative estimate of drug-likeness (QED) is 0.606. The van der Waals surface area contributed by atoms with Gasteiger partial charge in [0.05, 0.1) is 6.61 Å². The Morgan fingerprint density at radius 2 is 2.15 bits per heavy atom. The maximum atomic E-state index is 5.57. The Morgan fingerprint density at radius 1 is 1.38 bits per heavy atom. The number of nitrogens with zero attached hydrogens (tertiary/aromatic N) is 1. The first kappa shape index (κ1) is 10.0. The minimum Gasteiger partial charge on any atom is -0.480 e. The second-order valence-corrected chi connectivity index (χ2v) is 4.35. The molecule has 0 saturated heterocycles. The first-order valence-corrected chi connectivity index (χ1v) is 4.59. The molecule has 0 spiro atoms. The van der Waals surface area contributed by atoms with Crippen molar-refractivity contribution in [1.29, 1.82) is 0 Å². The molecule has 2 heteroatoms. The Hall–Kier alpha value is -1.05. The van der Waals surface area contributed by atoms with Crippen molar-refractivity contribution in [3.05, 3.63) is 24.4 Å². The van der Waals surface area contributed by atoms with E-state index in [1.54, 1.807) is 6.20 Å². The summed E-state index contributed by atoms with van der Waals surface area (Å²) in [7, 11) is 0. The second kappa shape index (κ2) is 4.26. The lowest BCUT2D eigenvalue weighted by Gasteiger charge is -2.18. The molecule has 0 fully saturated rings. The normalized spacial score (nSPS) is 16.7. The molecule has 0 unspecified atom stereocenters. The second-order valence-electron chi connectivity index (χ2n) is 4.35. The van der Waals surface area contributed by atoms with E-state index in [2.05, 4.69) is 25.8 Å². The third-order valence-electron chi connectivity index (χ3n) is 1.52. The molecule has 13 heavy (non-hydrogen) atoms. The standard InChI is InChI=1S/C11H17NO/c1-11(2,3)9-13-10-7-5-4-6-8-12-10/h4-6,8H,7,9H2,1-3H3. The van der Waals surface area contributed by atoms with Crippen molar-refractivity contribution in [2.24, 2.45) is 10.4 Å². The number of ether oxygens (including phenoxy) is 1. The van der Waals surface area contributed by atoms with Crippen molar-refractivity contribution in [1.82, 2.24) is 0 Å². The van der Waals surface area contributed by atoms with Gasteiger partial charge in [-0.2, -0.15) is 0 Å². The summed E-state index contributed by atoms with van der Waals surface area (Å²) >= 11 is 0. The van der Waals surface area contributed by atoms with Crippen molar-refractivity contribution >= 4 is 5.90 Å². The van der Waals surface area contributed by atoms with Gasteiger partial charge in [0.15, 0.2) is 5.90 Å². The molecule has 1 aliphatic heterocycles. The van der Waals surface area contributed by atoms with Crippen LogP contribution in [0, 0.1) is 5.41 Å². The highest BCUT2D eigenvalue weighted by Gasteiger charge is 2.12. The summed E-state index contributed by atoms with van der Waals surface area (Å²) in [6, 6.07) is 0. The Bertz CT molecular complexity index is 243. The summed E-state index contributed by atoms with van der Waals surface area (Å²) in [5.74, 6) is 0.805. The first-order valence-electron chi connectivity index (χ1n) is 4.59. The third-order valence-corrected chi connectivity index (χ3v) is 1.52. The van der Waals surface area contributed by atoms with Crippen LogP contribution in [0.5, 0.6) is 0 Å². The molecule has 72 valence electrons. The van der Waals surface area contributed by atoms with Crippen LogP contribution in [0.3, 0.4) is 0 Å². The van der Waals surface area contributed by atoms with Gasteiger partial charge in [0.2, 0.25) is 0 Å². The maximum absolute atomic E-state index is 5.57. The summed E-state index contributed by atoms with van der Waals surface area (Å²) in [6.45, 7) is 7.16. The van der Waals surface area contributed by atoms with Crippen LogP contribution < -0.4 is 0 Å². The minimum atomic E-state index is 0.197. The van der Waals surface area contributed by atoms with Crippen LogP contribution in [-0.2, 0) is 4.74 Å². The van der Waals surface area contributed by atoms with Gasteiger partial charge in [-0.15, -0.1) is 0 Å². The van der Waals surface area contributed by atoms with Gasteiger partial charge in [0, 0.05) is 12.6 Å². The van der Waals surface area contributed by atoms with Gasteiger partial charge >= 0.3 is 0 Å². The molecule has 1 aliphatic rings. The molecule has 1 rings (SSSR count). The average molecular weight is 179 g/mol. The fourth-order valence-corrected chi connectivity index (χ4v) is 0.872. The predicted molar refractivity (Wildman–Crippen MR) is 55.7 cm³/mol. The van der Waals surface area contributed by atoms with Gasteiger partial charge in [-0.05, 0) is 11.5 Å². The van der Waals surface area contributed by atoms with Gasteiger partial charge in [0.1, 0.15) is 0 Å². The fourth-order valence-electron chi connectivity index (χ4n) is 0.872. The molecule has 0 aliphatic carbocycles. The average Bonchev–Trinajstić information content (AvgIpc) is 2.26. The van der Waals surface area contributed by atoms with E-state index in [1.165, 1.54) is 0 Å². The summed E-state index contributed by atoms with van der Waals surface area (Å²) in [5, 5.41) is 0. The number of allylic oxidation sites excluding steroid dienone is 2. The molecule has 0 bridgehead atoms. The van der Waals surface area contributed by atoms with Crippen molar-refractivity contribution in [3.63, 3.8) is 0 Å². The molecule has 0 saturated carbocycles. The Kier molecular flexibility index (Phi) is 3.29. The van der Waals surface area contributed by atoms with Crippen molar-refractivity contribution in [2.45, 2.75) is 27.2 Å². The molecular weight excluding hydrogens is 162 g/mol. The predicted octanol–water partition coefficient (Wildman–Crippen LogP) is 2.92. The smallest absolute Gasteiger partial charge is 0.191 e. The fraction of sp³-hybridized carbons (Fsp3) is 0.545. The van der Waals surface area contributed by atoms with Gasteiger partial charge in [-0.25, -0.2) is 4.99 Å².